The summed E-state index contributed by atoms with van der Waals surface area (Å²) in [6, 6.07) is 14.3. The molecule has 1 fully saturated rings. The molecule has 0 radical (unpaired) electrons. The molecule has 2 aromatic rings. The van der Waals surface area contributed by atoms with E-state index in [1.165, 1.54) is 5.56 Å². The number of benzene rings is 2. The van der Waals surface area contributed by atoms with E-state index in [-0.39, 0.29) is 17.4 Å². The molecule has 188 valence electrons. The number of likely N-dealkylation sites (tertiary alicyclic amines) is 1. The van der Waals surface area contributed by atoms with Crippen molar-refractivity contribution in [3.8, 4) is 5.75 Å². The standard InChI is InChI=1S/C29H38N2O4/c1-7-30(8-2)17-18-31-26(22-11-9-21(10-12-22)19(3)4)25(28(33)29(31)34)27(32)23-13-15-24(16-14-23)35-20(5)6/h9-16,19-20,26,32H,7-8,17-18H2,1-6H3/b27-25+/t26-/m1/s1. The second kappa shape index (κ2) is 11.5. The fourth-order valence-electron chi connectivity index (χ4n) is 4.43. The van der Waals surface area contributed by atoms with Gasteiger partial charge in [0.25, 0.3) is 11.7 Å². The number of aliphatic hydroxyl groups excluding tert-OH is 1. The smallest absolute Gasteiger partial charge is 0.295 e. The van der Waals surface area contributed by atoms with E-state index in [2.05, 4.69) is 32.6 Å². The summed E-state index contributed by atoms with van der Waals surface area (Å²) in [6.07, 6.45) is 0.0272. The lowest BCUT2D eigenvalue weighted by Gasteiger charge is -2.28. The molecule has 1 N–H and O–H groups in total. The minimum atomic E-state index is -0.650. The number of hydrogen-bond donors (Lipinski definition) is 1. The Morgan fingerprint density at radius 3 is 2.09 bits per heavy atom. The summed E-state index contributed by atoms with van der Waals surface area (Å²) in [4.78, 5) is 30.2. The molecule has 0 saturated carbocycles. The number of carbonyl (C=O) groups is 2. The number of aliphatic hydroxyl groups is 1. The molecule has 6 nitrogen and oxygen atoms in total. The Labute approximate surface area is 209 Å². The topological polar surface area (TPSA) is 70.1 Å². The summed E-state index contributed by atoms with van der Waals surface area (Å²) in [5.74, 6) is -0.344. The Morgan fingerprint density at radius 2 is 1.57 bits per heavy atom. The monoisotopic (exact) mass is 478 g/mol. The van der Waals surface area contributed by atoms with Gasteiger partial charge in [0.2, 0.25) is 0 Å². The van der Waals surface area contributed by atoms with E-state index in [1.807, 2.05) is 38.1 Å². The number of hydrogen-bond acceptors (Lipinski definition) is 5. The van der Waals surface area contributed by atoms with Crippen molar-refractivity contribution >= 4 is 17.4 Å². The van der Waals surface area contributed by atoms with Gasteiger partial charge in [-0.1, -0.05) is 52.0 Å². The van der Waals surface area contributed by atoms with Gasteiger partial charge in [0.05, 0.1) is 17.7 Å². The van der Waals surface area contributed by atoms with Gasteiger partial charge in [0.15, 0.2) is 0 Å². The number of ketones is 1. The summed E-state index contributed by atoms with van der Waals surface area (Å²) >= 11 is 0. The number of nitrogens with zero attached hydrogens (tertiary/aromatic N) is 2. The second-order valence-electron chi connectivity index (χ2n) is 9.53. The molecular weight excluding hydrogens is 440 g/mol. The van der Waals surface area contributed by atoms with E-state index in [9.17, 15) is 14.7 Å². The average Bonchev–Trinajstić information content (AvgIpc) is 3.09. The number of carbonyl (C=O) groups excluding carboxylic acids is 2. The number of rotatable bonds is 10. The van der Waals surface area contributed by atoms with Crippen LogP contribution in [0.2, 0.25) is 0 Å². The Morgan fingerprint density at radius 1 is 0.971 bits per heavy atom. The third-order valence-corrected chi connectivity index (χ3v) is 6.51. The quantitative estimate of drug-likeness (QED) is 0.283. The Hall–Kier alpha value is -3.12. The average molecular weight is 479 g/mol. The van der Waals surface area contributed by atoms with Crippen LogP contribution in [0.4, 0.5) is 0 Å². The predicted octanol–water partition coefficient (Wildman–Crippen LogP) is 5.36. The molecule has 1 aliphatic rings. The van der Waals surface area contributed by atoms with Crippen molar-refractivity contribution in [1.29, 1.82) is 0 Å². The highest BCUT2D eigenvalue weighted by molar-refractivity contribution is 6.46. The van der Waals surface area contributed by atoms with Gasteiger partial charge < -0.3 is 19.6 Å². The highest BCUT2D eigenvalue weighted by Crippen LogP contribution is 2.39. The maximum Gasteiger partial charge on any atom is 0.295 e. The summed E-state index contributed by atoms with van der Waals surface area (Å²) < 4.78 is 5.69. The molecule has 3 rings (SSSR count). The molecule has 1 aliphatic heterocycles. The van der Waals surface area contributed by atoms with E-state index in [1.54, 1.807) is 29.2 Å². The number of amides is 1. The minimum Gasteiger partial charge on any atom is -0.507 e. The van der Waals surface area contributed by atoms with Crippen molar-refractivity contribution in [2.45, 2.75) is 59.6 Å². The van der Waals surface area contributed by atoms with E-state index in [0.717, 1.165) is 18.7 Å². The lowest BCUT2D eigenvalue weighted by atomic mass is 9.93. The zero-order valence-electron chi connectivity index (χ0n) is 21.7. The molecule has 0 aromatic heterocycles. The van der Waals surface area contributed by atoms with Gasteiger partial charge in [-0.25, -0.2) is 0 Å². The van der Waals surface area contributed by atoms with Crippen LogP contribution in [-0.2, 0) is 9.59 Å². The first-order valence-corrected chi connectivity index (χ1v) is 12.6. The third-order valence-electron chi connectivity index (χ3n) is 6.51. The van der Waals surface area contributed by atoms with Crippen LogP contribution < -0.4 is 4.74 Å². The first-order valence-electron chi connectivity index (χ1n) is 12.6. The lowest BCUT2D eigenvalue weighted by molar-refractivity contribution is -0.140. The van der Waals surface area contributed by atoms with E-state index in [4.69, 9.17) is 4.74 Å². The molecule has 0 spiro atoms. The van der Waals surface area contributed by atoms with E-state index in [0.29, 0.717) is 30.3 Å². The fourth-order valence-corrected chi connectivity index (χ4v) is 4.43. The van der Waals surface area contributed by atoms with Crippen LogP contribution in [0.25, 0.3) is 5.76 Å². The van der Waals surface area contributed by atoms with Crippen molar-refractivity contribution in [2.24, 2.45) is 0 Å². The van der Waals surface area contributed by atoms with Gasteiger partial charge in [-0.2, -0.15) is 0 Å². The Bertz CT molecular complexity index is 1050. The maximum absolute atomic E-state index is 13.2. The highest BCUT2D eigenvalue weighted by atomic mass is 16.5. The van der Waals surface area contributed by atoms with Crippen LogP contribution >= 0.6 is 0 Å². The summed E-state index contributed by atoms with van der Waals surface area (Å²) in [6.45, 7) is 15.1. The molecular formula is C29H38N2O4. The second-order valence-corrected chi connectivity index (χ2v) is 9.53. The summed E-state index contributed by atoms with van der Waals surface area (Å²) in [5, 5.41) is 11.3. The van der Waals surface area contributed by atoms with Crippen molar-refractivity contribution in [3.05, 3.63) is 70.8 Å². The molecule has 1 atom stereocenters. The van der Waals surface area contributed by atoms with Gasteiger partial charge >= 0.3 is 0 Å². The van der Waals surface area contributed by atoms with Crippen LogP contribution in [-0.4, -0.2) is 58.9 Å². The van der Waals surface area contributed by atoms with Crippen LogP contribution in [0.3, 0.4) is 0 Å². The van der Waals surface area contributed by atoms with Gasteiger partial charge in [-0.05, 0) is 68.2 Å². The molecule has 1 amide bonds. The van der Waals surface area contributed by atoms with Gasteiger partial charge in [0, 0.05) is 18.7 Å². The van der Waals surface area contributed by atoms with Crippen LogP contribution in [0.5, 0.6) is 5.75 Å². The largest absolute Gasteiger partial charge is 0.507 e. The highest BCUT2D eigenvalue weighted by Gasteiger charge is 2.45. The Balaban J connectivity index is 2.05. The Kier molecular flexibility index (Phi) is 8.73. The molecule has 1 saturated heterocycles. The van der Waals surface area contributed by atoms with Gasteiger partial charge in [-0.3, -0.25) is 9.59 Å². The molecule has 0 bridgehead atoms. The zero-order valence-corrected chi connectivity index (χ0v) is 21.7. The van der Waals surface area contributed by atoms with Gasteiger partial charge in [0.1, 0.15) is 11.5 Å². The molecule has 0 aliphatic carbocycles. The van der Waals surface area contributed by atoms with E-state index < -0.39 is 17.7 Å². The van der Waals surface area contributed by atoms with Crippen LogP contribution in [0, 0.1) is 0 Å². The van der Waals surface area contributed by atoms with Gasteiger partial charge in [-0.15, -0.1) is 0 Å². The minimum absolute atomic E-state index is 0.0272. The van der Waals surface area contributed by atoms with Crippen LogP contribution in [0.1, 0.15) is 70.2 Å². The van der Waals surface area contributed by atoms with Crippen molar-refractivity contribution < 1.29 is 19.4 Å². The lowest BCUT2D eigenvalue weighted by Crippen LogP contribution is -2.38. The molecule has 6 heteroatoms. The third kappa shape index (κ3) is 5.93. The van der Waals surface area contributed by atoms with Crippen molar-refractivity contribution in [2.75, 3.05) is 26.2 Å². The number of ether oxygens (including phenoxy) is 1. The zero-order chi connectivity index (χ0) is 25.7. The fraction of sp³-hybridized carbons (Fsp3) is 0.448. The SMILES string of the molecule is CCN(CC)CCN1C(=O)C(=O)/C(=C(/O)c2ccc(OC(C)C)cc2)[C@H]1c1ccc(C(C)C)cc1. The maximum atomic E-state index is 13.2. The van der Waals surface area contributed by atoms with E-state index >= 15 is 0 Å². The van der Waals surface area contributed by atoms with Crippen LogP contribution in [0.15, 0.2) is 54.1 Å². The van der Waals surface area contributed by atoms with Crippen molar-refractivity contribution in [1.82, 2.24) is 9.80 Å². The predicted molar refractivity (Wildman–Crippen MR) is 140 cm³/mol. The van der Waals surface area contributed by atoms with Crippen molar-refractivity contribution in [3.63, 3.8) is 0 Å². The molecule has 35 heavy (non-hydrogen) atoms. The first kappa shape index (κ1) is 26.5. The normalized spacial score (nSPS) is 17.7. The number of Topliss-reactive ketones (excluding diaryl/α,β-unsaturated/α-hetero) is 1. The number of likely N-dealkylation sites (N-methyl/N-ethyl adjacent to an activating group) is 1. The molecule has 2 aromatic carbocycles. The molecule has 0 unspecified atom stereocenters. The first-order chi connectivity index (χ1) is 16.7. The summed E-state index contributed by atoms with van der Waals surface area (Å²) in [5.41, 5.74) is 2.60. The summed E-state index contributed by atoms with van der Waals surface area (Å²) in [7, 11) is 0. The molecule has 1 heterocycles.